The number of nitro benzene ring substituents is 1. The van der Waals surface area contributed by atoms with E-state index in [0.717, 1.165) is 11.3 Å². The Hall–Kier alpha value is -1.52. The van der Waals surface area contributed by atoms with E-state index in [9.17, 15) is 10.1 Å². The number of benzene rings is 1. The molecular formula is C8H5N3O2Se. The van der Waals surface area contributed by atoms with E-state index < -0.39 is 4.92 Å². The van der Waals surface area contributed by atoms with E-state index in [4.69, 9.17) is 0 Å². The Morgan fingerprint density at radius 3 is 2.50 bits per heavy atom. The van der Waals surface area contributed by atoms with Gasteiger partial charge >= 0.3 is 85.4 Å². The molecule has 1 heterocycles. The summed E-state index contributed by atoms with van der Waals surface area (Å²) in [5.74, 6) is 0. The molecule has 0 saturated carbocycles. The normalized spacial score (nSPS) is 10.0. The van der Waals surface area contributed by atoms with Crippen LogP contribution in [-0.4, -0.2) is 27.8 Å². The molecule has 14 heavy (non-hydrogen) atoms. The van der Waals surface area contributed by atoms with Crippen molar-refractivity contribution in [2.45, 2.75) is 0 Å². The van der Waals surface area contributed by atoms with Crippen molar-refractivity contribution in [3.05, 3.63) is 40.6 Å². The van der Waals surface area contributed by atoms with Crippen LogP contribution in [0.15, 0.2) is 30.5 Å². The number of nitrogens with zero attached hydrogens (tertiary/aromatic N) is 3. The number of hydrogen-bond donors (Lipinski definition) is 0. The number of non-ortho nitro benzene ring substituents is 1. The Balaban J connectivity index is 2.36. The molecule has 0 aliphatic carbocycles. The van der Waals surface area contributed by atoms with E-state index in [1.807, 2.05) is 0 Å². The summed E-state index contributed by atoms with van der Waals surface area (Å²) in [6.07, 6.45) is 1.70. The predicted molar refractivity (Wildman–Crippen MR) is 51.1 cm³/mol. The summed E-state index contributed by atoms with van der Waals surface area (Å²) in [5, 5.41) is 10.4. The zero-order chi connectivity index (χ0) is 9.97. The fourth-order valence-electron chi connectivity index (χ4n) is 1.05. The quantitative estimate of drug-likeness (QED) is 0.457. The summed E-state index contributed by atoms with van der Waals surface area (Å²) in [4.78, 5) is 9.97. The van der Waals surface area contributed by atoms with Crippen molar-refractivity contribution >= 4 is 20.6 Å². The standard InChI is InChI=1S/C8H5N3O2Se/c12-11(13)7-3-1-6(2-4-7)8-5-9-14-10-8/h1-5H. The summed E-state index contributed by atoms with van der Waals surface area (Å²) in [6, 6.07) is 6.31. The van der Waals surface area contributed by atoms with Gasteiger partial charge in [0.25, 0.3) is 0 Å². The Morgan fingerprint density at radius 2 is 2.00 bits per heavy atom. The van der Waals surface area contributed by atoms with E-state index in [2.05, 4.69) is 7.96 Å². The average Bonchev–Trinajstić information content (AvgIpc) is 2.71. The maximum atomic E-state index is 10.4. The second-order valence-corrected chi connectivity index (χ2v) is 3.76. The van der Waals surface area contributed by atoms with Crippen LogP contribution >= 0.6 is 0 Å². The summed E-state index contributed by atoms with van der Waals surface area (Å²) >= 11 is -0.0445. The third-order valence-corrected chi connectivity index (χ3v) is 2.74. The summed E-state index contributed by atoms with van der Waals surface area (Å²) in [7, 11) is 0. The van der Waals surface area contributed by atoms with Crippen molar-refractivity contribution < 1.29 is 4.92 Å². The van der Waals surface area contributed by atoms with Crippen LogP contribution in [0, 0.1) is 10.1 Å². The molecule has 0 radical (unpaired) electrons. The summed E-state index contributed by atoms with van der Waals surface area (Å²) in [6.45, 7) is 0. The second-order valence-electron chi connectivity index (χ2n) is 2.60. The minimum atomic E-state index is -0.418. The molecule has 0 saturated heterocycles. The predicted octanol–water partition coefficient (Wildman–Crippen LogP) is 1.11. The molecule has 0 aliphatic rings. The van der Waals surface area contributed by atoms with Gasteiger partial charge in [-0.2, -0.15) is 0 Å². The molecule has 2 aromatic rings. The van der Waals surface area contributed by atoms with Gasteiger partial charge in [0.15, 0.2) is 0 Å². The van der Waals surface area contributed by atoms with E-state index in [1.54, 1.807) is 18.3 Å². The first-order chi connectivity index (χ1) is 6.77. The van der Waals surface area contributed by atoms with E-state index in [1.165, 1.54) is 12.1 Å². The molecule has 0 amide bonds. The van der Waals surface area contributed by atoms with Gasteiger partial charge in [0.05, 0.1) is 0 Å². The third kappa shape index (κ3) is 1.71. The molecule has 0 fully saturated rings. The van der Waals surface area contributed by atoms with Gasteiger partial charge in [-0.15, -0.1) is 0 Å². The Bertz CT molecular complexity index is 438. The van der Waals surface area contributed by atoms with Crippen LogP contribution in [0.3, 0.4) is 0 Å². The van der Waals surface area contributed by atoms with Crippen LogP contribution < -0.4 is 0 Å². The average molecular weight is 254 g/mol. The van der Waals surface area contributed by atoms with E-state index in [-0.39, 0.29) is 20.6 Å². The van der Waals surface area contributed by atoms with Crippen LogP contribution in [0.25, 0.3) is 11.3 Å². The fourth-order valence-corrected chi connectivity index (χ4v) is 1.96. The Morgan fingerprint density at radius 1 is 1.29 bits per heavy atom. The van der Waals surface area contributed by atoms with Crippen LogP contribution in [0.1, 0.15) is 0 Å². The number of nitro groups is 1. The molecule has 0 aliphatic heterocycles. The molecule has 1 aromatic heterocycles. The SMILES string of the molecule is O=[N+]([O-])c1ccc(-c2cn[se]n2)cc1. The maximum absolute atomic E-state index is 10.4. The number of hydrogen-bond acceptors (Lipinski definition) is 4. The molecule has 6 heteroatoms. The zero-order valence-corrected chi connectivity index (χ0v) is 8.67. The minimum absolute atomic E-state index is 0.0445. The van der Waals surface area contributed by atoms with Crippen LogP contribution in [0.5, 0.6) is 0 Å². The van der Waals surface area contributed by atoms with Gasteiger partial charge in [-0.3, -0.25) is 0 Å². The number of rotatable bonds is 2. The molecular weight excluding hydrogens is 249 g/mol. The molecule has 0 unspecified atom stereocenters. The molecule has 1 aromatic carbocycles. The second kappa shape index (κ2) is 3.69. The topological polar surface area (TPSA) is 68.9 Å². The van der Waals surface area contributed by atoms with Crippen molar-refractivity contribution in [1.82, 2.24) is 7.96 Å². The molecule has 0 atom stereocenters. The Kier molecular flexibility index (Phi) is 2.39. The van der Waals surface area contributed by atoms with Crippen LogP contribution in [0.4, 0.5) is 5.69 Å². The summed E-state index contributed by atoms with van der Waals surface area (Å²) in [5.41, 5.74) is 1.77. The molecule has 0 spiro atoms. The molecule has 2 rings (SSSR count). The molecule has 0 bridgehead atoms. The molecule has 0 N–H and O–H groups in total. The number of aromatic nitrogens is 2. The van der Waals surface area contributed by atoms with Crippen molar-refractivity contribution in [1.29, 1.82) is 0 Å². The summed E-state index contributed by atoms with van der Waals surface area (Å²) < 4.78 is 8.17. The van der Waals surface area contributed by atoms with Gasteiger partial charge < -0.3 is 0 Å². The first-order valence-corrected chi connectivity index (χ1v) is 5.33. The van der Waals surface area contributed by atoms with Crippen molar-refractivity contribution in [3.8, 4) is 11.3 Å². The Labute approximate surface area is 85.8 Å². The van der Waals surface area contributed by atoms with E-state index in [0.29, 0.717) is 0 Å². The van der Waals surface area contributed by atoms with Gasteiger partial charge in [0.1, 0.15) is 0 Å². The monoisotopic (exact) mass is 255 g/mol. The fraction of sp³-hybridized carbons (Fsp3) is 0. The van der Waals surface area contributed by atoms with E-state index >= 15 is 0 Å². The first kappa shape index (κ1) is 9.05. The van der Waals surface area contributed by atoms with Crippen molar-refractivity contribution in [2.75, 3.05) is 0 Å². The first-order valence-electron chi connectivity index (χ1n) is 3.80. The van der Waals surface area contributed by atoms with Gasteiger partial charge in [0, 0.05) is 0 Å². The van der Waals surface area contributed by atoms with Crippen LogP contribution in [-0.2, 0) is 0 Å². The van der Waals surface area contributed by atoms with Crippen molar-refractivity contribution in [2.24, 2.45) is 0 Å². The van der Waals surface area contributed by atoms with Gasteiger partial charge in [0.2, 0.25) is 0 Å². The zero-order valence-electron chi connectivity index (χ0n) is 6.95. The van der Waals surface area contributed by atoms with Gasteiger partial charge in [-0.05, 0) is 0 Å². The van der Waals surface area contributed by atoms with Crippen LogP contribution in [0.2, 0.25) is 0 Å². The van der Waals surface area contributed by atoms with Crippen molar-refractivity contribution in [3.63, 3.8) is 0 Å². The van der Waals surface area contributed by atoms with Gasteiger partial charge in [-0.1, -0.05) is 0 Å². The molecule has 5 nitrogen and oxygen atoms in total. The molecule has 70 valence electrons. The third-order valence-electron chi connectivity index (χ3n) is 1.74. The van der Waals surface area contributed by atoms with Gasteiger partial charge in [-0.25, -0.2) is 0 Å².